The SMILES string of the molecule is CCOC(=O)CCc1csc(NCCCN2CCCC2)n1. The largest absolute Gasteiger partial charge is 0.466 e. The number of aryl methyl sites for hydroxylation is 1. The molecule has 21 heavy (non-hydrogen) atoms. The smallest absolute Gasteiger partial charge is 0.306 e. The Balaban J connectivity index is 1.59. The molecule has 2 rings (SSSR count). The van der Waals surface area contributed by atoms with Crippen LogP contribution in [0.4, 0.5) is 5.13 Å². The zero-order chi connectivity index (χ0) is 14.9. The number of hydrogen-bond donors (Lipinski definition) is 1. The maximum atomic E-state index is 11.3. The van der Waals surface area contributed by atoms with Gasteiger partial charge in [0.25, 0.3) is 0 Å². The minimum absolute atomic E-state index is 0.148. The van der Waals surface area contributed by atoms with Gasteiger partial charge in [0.15, 0.2) is 5.13 Å². The predicted molar refractivity (Wildman–Crippen MR) is 85.8 cm³/mol. The number of carbonyl (C=O) groups excluding carboxylic acids is 1. The molecule has 1 aromatic heterocycles. The van der Waals surface area contributed by atoms with Crippen LogP contribution in [0.15, 0.2) is 5.38 Å². The molecular formula is C15H25N3O2S. The Hall–Kier alpha value is -1.14. The first kappa shape index (κ1) is 16.2. The standard InChI is InChI=1S/C15H25N3O2S/c1-2-20-14(19)7-6-13-12-21-15(17-13)16-8-5-11-18-9-3-4-10-18/h12H,2-11H2,1H3,(H,16,17). The Morgan fingerprint density at radius 2 is 2.29 bits per heavy atom. The number of nitrogens with one attached hydrogen (secondary N) is 1. The lowest BCUT2D eigenvalue weighted by atomic mass is 10.2. The molecular weight excluding hydrogens is 286 g/mol. The molecule has 2 heterocycles. The second-order valence-electron chi connectivity index (χ2n) is 5.28. The molecule has 0 saturated carbocycles. The van der Waals surface area contributed by atoms with Crippen molar-refractivity contribution < 1.29 is 9.53 Å². The first-order chi connectivity index (χ1) is 10.3. The lowest BCUT2D eigenvalue weighted by Crippen LogP contribution is -2.22. The Morgan fingerprint density at radius 1 is 1.48 bits per heavy atom. The molecule has 1 fully saturated rings. The van der Waals surface area contributed by atoms with Crippen LogP contribution in [0.5, 0.6) is 0 Å². The normalized spacial score (nSPS) is 15.3. The summed E-state index contributed by atoms with van der Waals surface area (Å²) >= 11 is 1.61. The highest BCUT2D eigenvalue weighted by Gasteiger charge is 2.10. The summed E-state index contributed by atoms with van der Waals surface area (Å²) in [4.78, 5) is 18.3. The summed E-state index contributed by atoms with van der Waals surface area (Å²) in [5.41, 5.74) is 0.968. The van der Waals surface area contributed by atoms with Crippen molar-refractivity contribution in [3.8, 4) is 0 Å². The summed E-state index contributed by atoms with van der Waals surface area (Å²) < 4.78 is 4.91. The van der Waals surface area contributed by atoms with Crippen LogP contribution >= 0.6 is 11.3 Å². The molecule has 118 valence electrons. The molecule has 0 bridgehead atoms. The number of esters is 1. The van der Waals surface area contributed by atoms with Crippen molar-refractivity contribution >= 4 is 22.4 Å². The van der Waals surface area contributed by atoms with Crippen LogP contribution in [0, 0.1) is 0 Å². The third-order valence-electron chi connectivity index (χ3n) is 3.57. The first-order valence-electron chi connectivity index (χ1n) is 7.84. The third-order valence-corrected chi connectivity index (χ3v) is 4.42. The van der Waals surface area contributed by atoms with Crippen LogP contribution in [-0.4, -0.2) is 48.6 Å². The maximum Gasteiger partial charge on any atom is 0.306 e. The zero-order valence-electron chi connectivity index (χ0n) is 12.8. The van der Waals surface area contributed by atoms with E-state index in [2.05, 4.69) is 15.2 Å². The van der Waals surface area contributed by atoms with Crippen LogP contribution in [0.2, 0.25) is 0 Å². The van der Waals surface area contributed by atoms with Gasteiger partial charge in [-0.25, -0.2) is 4.98 Å². The van der Waals surface area contributed by atoms with Gasteiger partial charge < -0.3 is 15.0 Å². The van der Waals surface area contributed by atoms with Gasteiger partial charge in [-0.2, -0.15) is 0 Å². The van der Waals surface area contributed by atoms with Crippen LogP contribution in [0.3, 0.4) is 0 Å². The van der Waals surface area contributed by atoms with Crippen molar-refractivity contribution in [1.29, 1.82) is 0 Å². The van der Waals surface area contributed by atoms with Crippen molar-refractivity contribution in [2.24, 2.45) is 0 Å². The highest BCUT2D eigenvalue weighted by molar-refractivity contribution is 7.13. The average molecular weight is 311 g/mol. The molecule has 1 aromatic rings. The van der Waals surface area contributed by atoms with Gasteiger partial charge in [-0.1, -0.05) is 0 Å². The predicted octanol–water partition coefficient (Wildman–Crippen LogP) is 2.54. The number of rotatable bonds is 9. The van der Waals surface area contributed by atoms with Crippen LogP contribution in [0.1, 0.15) is 38.3 Å². The number of carbonyl (C=O) groups is 1. The van der Waals surface area contributed by atoms with Gasteiger partial charge in [-0.15, -0.1) is 11.3 Å². The zero-order valence-corrected chi connectivity index (χ0v) is 13.6. The number of thiazole rings is 1. The van der Waals surface area contributed by atoms with Gasteiger partial charge in [-0.05, 0) is 45.8 Å². The molecule has 1 saturated heterocycles. The van der Waals surface area contributed by atoms with Crippen molar-refractivity contribution in [2.45, 2.75) is 39.0 Å². The summed E-state index contributed by atoms with van der Waals surface area (Å²) in [6.07, 6.45) is 4.92. The fraction of sp³-hybridized carbons (Fsp3) is 0.733. The van der Waals surface area contributed by atoms with Gasteiger partial charge in [0.1, 0.15) is 0 Å². The van der Waals surface area contributed by atoms with Crippen LogP contribution in [0.25, 0.3) is 0 Å². The van der Waals surface area contributed by atoms with E-state index in [0.29, 0.717) is 19.4 Å². The molecule has 0 radical (unpaired) electrons. The van der Waals surface area contributed by atoms with E-state index >= 15 is 0 Å². The van der Waals surface area contributed by atoms with Crippen molar-refractivity contribution in [1.82, 2.24) is 9.88 Å². The lowest BCUT2D eigenvalue weighted by Gasteiger charge is -2.13. The Bertz CT molecular complexity index is 430. The fourth-order valence-electron chi connectivity index (χ4n) is 2.47. The van der Waals surface area contributed by atoms with E-state index in [1.54, 1.807) is 11.3 Å². The molecule has 0 atom stereocenters. The second-order valence-corrected chi connectivity index (χ2v) is 6.14. The summed E-state index contributed by atoms with van der Waals surface area (Å²) in [5.74, 6) is -0.148. The summed E-state index contributed by atoms with van der Waals surface area (Å²) in [7, 11) is 0. The number of nitrogens with zero attached hydrogens (tertiary/aromatic N) is 2. The number of likely N-dealkylation sites (tertiary alicyclic amines) is 1. The van der Waals surface area contributed by atoms with Crippen LogP contribution < -0.4 is 5.32 Å². The van der Waals surface area contributed by atoms with Gasteiger partial charge in [0.2, 0.25) is 0 Å². The first-order valence-corrected chi connectivity index (χ1v) is 8.72. The minimum Gasteiger partial charge on any atom is -0.466 e. The van der Waals surface area contributed by atoms with Crippen molar-refractivity contribution in [2.75, 3.05) is 38.1 Å². The molecule has 5 nitrogen and oxygen atoms in total. The lowest BCUT2D eigenvalue weighted by molar-refractivity contribution is -0.143. The topological polar surface area (TPSA) is 54.5 Å². The molecule has 0 aromatic carbocycles. The van der Waals surface area contributed by atoms with Gasteiger partial charge in [0, 0.05) is 18.3 Å². The second kappa shape index (κ2) is 9.00. The molecule has 0 aliphatic carbocycles. The fourth-order valence-corrected chi connectivity index (χ4v) is 3.24. The van der Waals surface area contributed by atoms with E-state index in [1.807, 2.05) is 12.3 Å². The maximum absolute atomic E-state index is 11.3. The molecule has 1 aliphatic rings. The number of aromatic nitrogens is 1. The number of ether oxygens (including phenoxy) is 1. The van der Waals surface area contributed by atoms with E-state index in [9.17, 15) is 4.79 Å². The van der Waals surface area contributed by atoms with Gasteiger partial charge in [0.05, 0.1) is 18.7 Å². The Labute approximate surface area is 130 Å². The summed E-state index contributed by atoms with van der Waals surface area (Å²) in [5, 5.41) is 6.34. The monoisotopic (exact) mass is 311 g/mol. The molecule has 0 amide bonds. The molecule has 6 heteroatoms. The van der Waals surface area contributed by atoms with E-state index in [4.69, 9.17) is 4.74 Å². The molecule has 1 N–H and O–H groups in total. The van der Waals surface area contributed by atoms with E-state index in [-0.39, 0.29) is 5.97 Å². The number of anilines is 1. The Kier molecular flexibility index (Phi) is 6.95. The van der Waals surface area contributed by atoms with Crippen molar-refractivity contribution in [3.63, 3.8) is 0 Å². The summed E-state index contributed by atoms with van der Waals surface area (Å²) in [6, 6.07) is 0. The van der Waals surface area contributed by atoms with Crippen LogP contribution in [-0.2, 0) is 16.0 Å². The molecule has 0 unspecified atom stereocenters. The van der Waals surface area contributed by atoms with E-state index in [1.165, 1.54) is 32.5 Å². The van der Waals surface area contributed by atoms with Gasteiger partial charge >= 0.3 is 5.97 Å². The molecule has 0 spiro atoms. The van der Waals surface area contributed by atoms with E-state index in [0.717, 1.165) is 23.8 Å². The highest BCUT2D eigenvalue weighted by atomic mass is 32.1. The quantitative estimate of drug-likeness (QED) is 0.561. The van der Waals surface area contributed by atoms with Gasteiger partial charge in [-0.3, -0.25) is 4.79 Å². The molecule has 1 aliphatic heterocycles. The average Bonchev–Trinajstić information content (AvgIpc) is 3.13. The minimum atomic E-state index is -0.148. The van der Waals surface area contributed by atoms with Crippen molar-refractivity contribution in [3.05, 3.63) is 11.1 Å². The van der Waals surface area contributed by atoms with E-state index < -0.39 is 0 Å². The third kappa shape index (κ3) is 6.01. The summed E-state index contributed by atoms with van der Waals surface area (Å²) in [6.45, 7) is 6.92. The highest BCUT2D eigenvalue weighted by Crippen LogP contribution is 2.17. The Morgan fingerprint density at radius 3 is 3.05 bits per heavy atom. The number of hydrogen-bond acceptors (Lipinski definition) is 6.